The summed E-state index contributed by atoms with van der Waals surface area (Å²) in [4.78, 5) is 12.2. The third-order valence-electron chi connectivity index (χ3n) is 3.87. The highest BCUT2D eigenvalue weighted by atomic mass is 32.2. The Kier molecular flexibility index (Phi) is 2.88. The van der Waals surface area contributed by atoms with E-state index < -0.39 is 16.0 Å². The second-order valence-corrected chi connectivity index (χ2v) is 8.00. The van der Waals surface area contributed by atoms with Crippen molar-refractivity contribution in [3.63, 3.8) is 0 Å². The molecule has 1 aromatic carbocycles. The Morgan fingerprint density at radius 3 is 2.87 bits per heavy atom. The summed E-state index contributed by atoms with van der Waals surface area (Å²) in [5, 5.41) is 12.8. The molecule has 0 atom stereocenters. The van der Waals surface area contributed by atoms with Crippen molar-refractivity contribution in [2.45, 2.75) is 10.6 Å². The lowest BCUT2D eigenvalue weighted by molar-refractivity contribution is 0.0685. The molecular weight excluding hydrogens is 340 g/mol. The molecule has 1 N–H and O–H groups in total. The van der Waals surface area contributed by atoms with E-state index in [9.17, 15) is 18.3 Å². The van der Waals surface area contributed by atoms with Gasteiger partial charge in [0.05, 0.1) is 4.90 Å². The van der Waals surface area contributed by atoms with E-state index in [0.29, 0.717) is 22.6 Å². The van der Waals surface area contributed by atoms with E-state index >= 15 is 0 Å². The van der Waals surface area contributed by atoms with Crippen LogP contribution >= 0.6 is 11.8 Å². The van der Waals surface area contributed by atoms with Crippen LogP contribution in [0.2, 0.25) is 0 Å². The Bertz CT molecular complexity index is 990. The number of carboxylic acids is 1. The summed E-state index contributed by atoms with van der Waals surface area (Å²) in [5.74, 6) is -0.625. The largest absolute Gasteiger partial charge is 0.476 e. The molecular formula is C14H10N2O5S2. The minimum Gasteiger partial charge on any atom is -0.476 e. The van der Waals surface area contributed by atoms with Crippen LogP contribution in [-0.2, 0) is 15.8 Å². The lowest BCUT2D eigenvalue weighted by Gasteiger charge is -2.32. The first-order chi connectivity index (χ1) is 10.9. The van der Waals surface area contributed by atoms with Crippen molar-refractivity contribution in [1.29, 1.82) is 0 Å². The SMILES string of the molecule is CN1C2=C(SCc3c(C(=O)O)noc32)c2ccccc2S1(=O)=O. The van der Waals surface area contributed by atoms with Gasteiger partial charge in [0.25, 0.3) is 10.0 Å². The van der Waals surface area contributed by atoms with Crippen molar-refractivity contribution >= 4 is 38.4 Å². The fourth-order valence-electron chi connectivity index (χ4n) is 2.75. The monoisotopic (exact) mass is 350 g/mol. The standard InChI is InChI=1S/C14H10N2O5S2/c1-16-11-12-8(10(14(17)18)15-21-12)6-22-13(11)7-4-2-3-5-9(7)23(16,19)20/h2-5H,6H2,1H3,(H,17,18). The Morgan fingerprint density at radius 2 is 2.13 bits per heavy atom. The third-order valence-corrected chi connectivity index (χ3v) is 6.82. The number of nitrogens with zero attached hydrogens (tertiary/aromatic N) is 2. The fraction of sp³-hybridized carbons (Fsp3) is 0.143. The van der Waals surface area contributed by atoms with Gasteiger partial charge in [-0.25, -0.2) is 13.2 Å². The smallest absolute Gasteiger partial charge is 0.358 e. The van der Waals surface area contributed by atoms with E-state index in [1.54, 1.807) is 24.3 Å². The number of benzene rings is 1. The molecule has 0 fully saturated rings. The summed E-state index contributed by atoms with van der Waals surface area (Å²) in [6.07, 6.45) is 0. The number of aromatic carboxylic acids is 1. The molecule has 0 unspecified atom stereocenters. The lowest BCUT2D eigenvalue weighted by atomic mass is 10.1. The Hall–Kier alpha value is -2.26. The second kappa shape index (κ2) is 4.62. The number of hydrogen-bond donors (Lipinski definition) is 1. The molecule has 2 aliphatic heterocycles. The maximum atomic E-state index is 12.7. The molecule has 0 saturated heterocycles. The number of sulfonamides is 1. The first kappa shape index (κ1) is 14.3. The summed E-state index contributed by atoms with van der Waals surface area (Å²) in [6, 6.07) is 6.74. The molecule has 9 heteroatoms. The molecule has 118 valence electrons. The van der Waals surface area contributed by atoms with Gasteiger partial charge in [-0.1, -0.05) is 23.4 Å². The molecule has 3 heterocycles. The molecule has 1 aromatic heterocycles. The zero-order valence-corrected chi connectivity index (χ0v) is 13.4. The van der Waals surface area contributed by atoms with Crippen molar-refractivity contribution in [2.24, 2.45) is 0 Å². The Labute approximate surface area is 135 Å². The maximum Gasteiger partial charge on any atom is 0.358 e. The Morgan fingerprint density at radius 1 is 1.39 bits per heavy atom. The minimum absolute atomic E-state index is 0.177. The number of carboxylic acid groups (broad SMARTS) is 1. The Balaban J connectivity index is 2.05. The van der Waals surface area contributed by atoms with Crippen molar-refractivity contribution in [2.75, 3.05) is 7.05 Å². The van der Waals surface area contributed by atoms with Crippen LogP contribution in [0.4, 0.5) is 0 Å². The number of thioether (sulfide) groups is 1. The fourth-order valence-corrected chi connectivity index (χ4v) is 5.54. The summed E-state index contributed by atoms with van der Waals surface area (Å²) in [5.41, 5.74) is 1.17. The van der Waals surface area contributed by atoms with E-state index in [4.69, 9.17) is 4.52 Å². The van der Waals surface area contributed by atoms with E-state index in [0.717, 1.165) is 9.21 Å². The van der Waals surface area contributed by atoms with Gasteiger partial charge in [-0.05, 0) is 6.07 Å². The van der Waals surface area contributed by atoms with Gasteiger partial charge in [-0.3, -0.25) is 4.31 Å². The molecule has 23 heavy (non-hydrogen) atoms. The predicted molar refractivity (Wildman–Crippen MR) is 83.0 cm³/mol. The number of hydrogen-bond acceptors (Lipinski definition) is 6. The van der Waals surface area contributed by atoms with Crippen LogP contribution in [0.3, 0.4) is 0 Å². The van der Waals surface area contributed by atoms with Gasteiger partial charge < -0.3 is 9.63 Å². The molecule has 0 amide bonds. The first-order valence-electron chi connectivity index (χ1n) is 6.60. The van der Waals surface area contributed by atoms with Crippen LogP contribution < -0.4 is 0 Å². The number of aromatic nitrogens is 1. The van der Waals surface area contributed by atoms with Crippen molar-refractivity contribution in [1.82, 2.24) is 9.46 Å². The normalized spacial score (nSPS) is 18.2. The molecule has 4 rings (SSSR count). The summed E-state index contributed by atoms with van der Waals surface area (Å²) in [7, 11) is -2.29. The van der Waals surface area contributed by atoms with E-state index in [2.05, 4.69) is 5.16 Å². The number of rotatable bonds is 1. The molecule has 0 saturated carbocycles. The number of carbonyl (C=O) groups is 1. The van der Waals surface area contributed by atoms with Gasteiger partial charge in [0.2, 0.25) is 0 Å². The van der Waals surface area contributed by atoms with E-state index in [1.165, 1.54) is 18.8 Å². The van der Waals surface area contributed by atoms with E-state index in [-0.39, 0.29) is 16.3 Å². The van der Waals surface area contributed by atoms with E-state index in [1.807, 2.05) is 0 Å². The average molecular weight is 350 g/mol. The molecule has 0 radical (unpaired) electrons. The minimum atomic E-state index is -3.72. The van der Waals surface area contributed by atoms with Crippen LogP contribution in [-0.4, -0.2) is 36.0 Å². The highest BCUT2D eigenvalue weighted by Crippen LogP contribution is 2.50. The lowest BCUT2D eigenvalue weighted by Crippen LogP contribution is -2.31. The van der Waals surface area contributed by atoms with Crippen LogP contribution in [0.5, 0.6) is 0 Å². The molecule has 0 spiro atoms. The third kappa shape index (κ3) is 1.80. The maximum absolute atomic E-state index is 12.7. The van der Waals surface area contributed by atoms with Crippen LogP contribution in [0.15, 0.2) is 33.7 Å². The molecule has 0 aliphatic carbocycles. The van der Waals surface area contributed by atoms with Crippen LogP contribution in [0, 0.1) is 0 Å². The number of fused-ring (bicyclic) bond motifs is 4. The summed E-state index contributed by atoms with van der Waals surface area (Å²) in [6.45, 7) is 0. The highest BCUT2D eigenvalue weighted by molar-refractivity contribution is 8.08. The van der Waals surface area contributed by atoms with Gasteiger partial charge in [-0.15, -0.1) is 11.8 Å². The van der Waals surface area contributed by atoms with Gasteiger partial charge in [-0.2, -0.15) is 0 Å². The van der Waals surface area contributed by atoms with Crippen LogP contribution in [0.25, 0.3) is 10.6 Å². The van der Waals surface area contributed by atoms with Gasteiger partial charge in [0.15, 0.2) is 11.5 Å². The van der Waals surface area contributed by atoms with Gasteiger partial charge in [0.1, 0.15) is 5.70 Å². The zero-order valence-electron chi connectivity index (χ0n) is 11.8. The molecule has 2 aliphatic rings. The summed E-state index contributed by atoms with van der Waals surface area (Å²) >= 11 is 1.38. The second-order valence-electron chi connectivity index (χ2n) is 5.08. The zero-order chi connectivity index (χ0) is 16.4. The molecule has 0 bridgehead atoms. The average Bonchev–Trinajstić information content (AvgIpc) is 2.96. The topological polar surface area (TPSA) is 101 Å². The van der Waals surface area contributed by atoms with Crippen molar-refractivity contribution < 1.29 is 22.8 Å². The van der Waals surface area contributed by atoms with Crippen molar-refractivity contribution in [3.8, 4) is 0 Å². The quantitative estimate of drug-likeness (QED) is 0.840. The van der Waals surface area contributed by atoms with Gasteiger partial charge >= 0.3 is 5.97 Å². The molecule has 7 nitrogen and oxygen atoms in total. The predicted octanol–water partition coefficient (Wildman–Crippen LogP) is 2.08. The molecule has 2 aromatic rings. The van der Waals surface area contributed by atoms with Crippen molar-refractivity contribution in [3.05, 3.63) is 46.8 Å². The summed E-state index contributed by atoms with van der Waals surface area (Å²) < 4.78 is 31.7. The first-order valence-corrected chi connectivity index (χ1v) is 9.03. The van der Waals surface area contributed by atoms with Crippen LogP contribution in [0.1, 0.15) is 27.4 Å². The highest BCUT2D eigenvalue weighted by Gasteiger charge is 2.41. The van der Waals surface area contributed by atoms with Gasteiger partial charge in [0, 0.05) is 28.8 Å².